The summed E-state index contributed by atoms with van der Waals surface area (Å²) in [5.74, 6) is 36.6. The Morgan fingerprint density at radius 1 is 0.250 bits per heavy atom. The van der Waals surface area contributed by atoms with E-state index < -0.39 is 0 Å². The second kappa shape index (κ2) is 51.4. The topological polar surface area (TPSA) is 81.2 Å². The molecule has 0 fully saturated rings. The van der Waals surface area contributed by atoms with E-state index in [1.807, 2.05) is 60.7 Å². The van der Waals surface area contributed by atoms with Crippen LogP contribution in [0.1, 0.15) is 329 Å². The van der Waals surface area contributed by atoms with E-state index in [-0.39, 0.29) is 0 Å². The van der Waals surface area contributed by atoms with Crippen molar-refractivity contribution >= 4 is 0 Å². The van der Waals surface area contributed by atoms with Gasteiger partial charge >= 0.3 is 0 Å². The fourth-order valence-electron chi connectivity index (χ4n) is 11.0. The van der Waals surface area contributed by atoms with Crippen molar-refractivity contribution in [3.8, 4) is 107 Å². The van der Waals surface area contributed by atoms with Crippen LogP contribution in [0.2, 0.25) is 0 Å². The fraction of sp³-hybridized carbons (Fsp3) is 0.545. The molecule has 8 heteroatoms. The Hall–Kier alpha value is -7.88. The maximum atomic E-state index is 6.63. The van der Waals surface area contributed by atoms with Gasteiger partial charge in [0.25, 0.3) is 0 Å². The van der Waals surface area contributed by atoms with Gasteiger partial charge in [-0.2, -0.15) is 0 Å². The van der Waals surface area contributed by atoms with Gasteiger partial charge in [-0.25, -0.2) is 9.97 Å². The molecular formula is C88H116N2O6. The molecule has 0 spiro atoms. The summed E-state index contributed by atoms with van der Waals surface area (Å²) in [6.45, 7) is 16.9. The van der Waals surface area contributed by atoms with E-state index in [2.05, 4.69) is 101 Å². The molecule has 0 saturated carbocycles. The van der Waals surface area contributed by atoms with Crippen LogP contribution < -0.4 is 28.4 Å². The molecule has 0 aliphatic rings. The van der Waals surface area contributed by atoms with Gasteiger partial charge in [-0.05, 0) is 74.6 Å². The number of pyridine rings is 2. The number of hydrogen-bond acceptors (Lipinski definition) is 8. The Bertz CT molecular complexity index is 3100. The van der Waals surface area contributed by atoms with E-state index in [0.717, 1.165) is 99.3 Å². The molecule has 0 aliphatic carbocycles. The molecule has 2 heterocycles. The predicted molar refractivity (Wildman–Crippen MR) is 401 cm³/mol. The van der Waals surface area contributed by atoms with Crippen LogP contribution in [0.4, 0.5) is 0 Å². The number of unbranched alkanes of at least 4 members (excludes halogenated alkanes) is 30. The molecule has 0 N–H and O–H groups in total. The molecule has 0 aliphatic heterocycles. The lowest BCUT2D eigenvalue weighted by atomic mass is 10.1. The zero-order valence-corrected chi connectivity index (χ0v) is 60.1. The number of ether oxygens (including phenoxy) is 6. The zero-order valence-electron chi connectivity index (χ0n) is 60.1. The van der Waals surface area contributed by atoms with E-state index in [9.17, 15) is 0 Å². The van der Waals surface area contributed by atoms with Crippen LogP contribution in [0.3, 0.4) is 0 Å². The monoisotopic (exact) mass is 1300 g/mol. The van der Waals surface area contributed by atoms with Crippen LogP contribution in [0.25, 0.3) is 0 Å². The SMILES string of the molecule is C#Cc1cc(OCCCCCCCC)c(C#Cc2ccc(C#Cc3cc(OCCCCCCCC)c(C#Cc4ccc(C#Cc5cc(OCCCCCCCC)c(C#C)cc5OCCCCCCCC)nc4)cc3OCCCCCCCC)nc2)cc1OCCCCCCCC. The normalized spacial score (nSPS) is 10.5. The molecule has 8 nitrogen and oxygen atoms in total. The number of aromatic nitrogens is 2. The predicted octanol–water partition coefficient (Wildman–Crippen LogP) is 22.5. The lowest BCUT2D eigenvalue weighted by molar-refractivity contribution is 0.295. The summed E-state index contributed by atoms with van der Waals surface area (Å²) in [5, 5.41) is 0. The van der Waals surface area contributed by atoms with Gasteiger partial charge in [0.05, 0.1) is 73.0 Å². The number of nitrogens with zero attached hydrogens (tertiary/aromatic N) is 2. The minimum Gasteiger partial charge on any atom is -0.492 e. The third-order valence-corrected chi connectivity index (χ3v) is 16.9. The standard InChI is InChI=1S/C88H116N2O6/c1-9-17-23-29-35-41-59-91-83-67-77(85(65-75(83)15-7)93-61-43-37-31-25-19-11-3)51-47-73-49-56-82(90-71-73)58-54-80-70-87(95-63-45-39-33-27-21-13-5)78(69-88(80)96-64-46-40-34-28-22-14-6)52-48-74-50-55-81(89-72-74)57-53-79-68-84(92-60-42-36-30-24-18-10-2)76(16-8)66-86(79)94-62-44-38-32-26-20-12-4/h7-8,49-50,55-56,65-72H,9-14,17-46,59-64H2,1-6H3. The Morgan fingerprint density at radius 2 is 0.458 bits per heavy atom. The summed E-state index contributed by atoms with van der Waals surface area (Å²) < 4.78 is 38.7. The van der Waals surface area contributed by atoms with Crippen LogP contribution in [-0.2, 0) is 0 Å². The molecule has 5 rings (SSSR count). The van der Waals surface area contributed by atoms with Crippen molar-refractivity contribution in [2.24, 2.45) is 0 Å². The van der Waals surface area contributed by atoms with Crippen molar-refractivity contribution < 1.29 is 28.4 Å². The molecule has 0 unspecified atom stereocenters. The number of terminal acetylenes is 2. The Labute approximate surface area is 583 Å². The van der Waals surface area contributed by atoms with Crippen LogP contribution >= 0.6 is 0 Å². The summed E-state index contributed by atoms with van der Waals surface area (Å²) in [6.07, 6.45) is 57.6. The molecule has 2 aromatic heterocycles. The van der Waals surface area contributed by atoms with Crippen LogP contribution in [0.5, 0.6) is 34.5 Å². The van der Waals surface area contributed by atoms with Crippen LogP contribution in [0.15, 0.2) is 73.1 Å². The summed E-state index contributed by atoms with van der Waals surface area (Å²) in [4.78, 5) is 9.55. The Morgan fingerprint density at radius 3 is 0.677 bits per heavy atom. The summed E-state index contributed by atoms with van der Waals surface area (Å²) in [7, 11) is 0. The lowest BCUT2D eigenvalue weighted by Gasteiger charge is -2.14. The van der Waals surface area contributed by atoms with Gasteiger partial charge in [0, 0.05) is 59.9 Å². The highest BCUT2D eigenvalue weighted by atomic mass is 16.5. The largest absolute Gasteiger partial charge is 0.492 e. The van der Waals surface area contributed by atoms with E-state index >= 15 is 0 Å². The smallest absolute Gasteiger partial charge is 0.136 e. The molecule has 514 valence electrons. The summed E-state index contributed by atoms with van der Waals surface area (Å²) >= 11 is 0. The van der Waals surface area contributed by atoms with Gasteiger partial charge in [0.1, 0.15) is 45.9 Å². The first-order chi connectivity index (χ1) is 47.4. The third kappa shape index (κ3) is 32.7. The molecule has 0 bridgehead atoms. The van der Waals surface area contributed by atoms with Gasteiger partial charge in [0.15, 0.2) is 0 Å². The summed E-state index contributed by atoms with van der Waals surface area (Å²) in [5.41, 5.74) is 6.91. The first kappa shape index (κ1) is 78.8. The van der Waals surface area contributed by atoms with Crippen molar-refractivity contribution in [1.29, 1.82) is 0 Å². The molecular weight excluding hydrogens is 1180 g/mol. The Kier molecular flexibility index (Phi) is 42.2. The van der Waals surface area contributed by atoms with Gasteiger partial charge in [-0.1, -0.05) is 282 Å². The minimum atomic E-state index is 0.558. The highest BCUT2D eigenvalue weighted by Crippen LogP contribution is 2.33. The number of benzene rings is 3. The van der Waals surface area contributed by atoms with E-state index in [1.54, 1.807) is 12.4 Å². The molecule has 0 saturated heterocycles. The molecule has 0 atom stereocenters. The van der Waals surface area contributed by atoms with Gasteiger partial charge in [-0.3, -0.25) is 0 Å². The average Bonchev–Trinajstić information content (AvgIpc) is 1.18. The maximum absolute atomic E-state index is 6.63. The second-order valence-corrected chi connectivity index (χ2v) is 25.4. The average molecular weight is 1300 g/mol. The molecule has 3 aromatic carbocycles. The molecule has 96 heavy (non-hydrogen) atoms. The molecule has 0 amide bonds. The summed E-state index contributed by atoms with van der Waals surface area (Å²) in [6, 6.07) is 19.4. The highest BCUT2D eigenvalue weighted by molar-refractivity contribution is 5.62. The van der Waals surface area contributed by atoms with Gasteiger partial charge in [0.2, 0.25) is 0 Å². The zero-order chi connectivity index (χ0) is 68.1. The highest BCUT2D eigenvalue weighted by Gasteiger charge is 2.15. The van der Waals surface area contributed by atoms with E-state index in [1.165, 1.54) is 154 Å². The number of hydrogen-bond donors (Lipinski definition) is 0. The van der Waals surface area contributed by atoms with E-state index in [0.29, 0.717) is 108 Å². The molecule has 0 radical (unpaired) electrons. The first-order valence-electron chi connectivity index (χ1n) is 37.6. The second-order valence-electron chi connectivity index (χ2n) is 25.4. The van der Waals surface area contributed by atoms with Crippen LogP contribution in [-0.4, -0.2) is 49.6 Å². The van der Waals surface area contributed by atoms with Gasteiger partial charge < -0.3 is 28.4 Å². The first-order valence-corrected chi connectivity index (χ1v) is 37.6. The minimum absolute atomic E-state index is 0.558. The molecule has 5 aromatic rings. The van der Waals surface area contributed by atoms with Crippen molar-refractivity contribution in [3.63, 3.8) is 0 Å². The number of rotatable bonds is 48. The van der Waals surface area contributed by atoms with Crippen LogP contribution in [0, 0.1) is 72.1 Å². The van der Waals surface area contributed by atoms with Crippen molar-refractivity contribution in [3.05, 3.63) is 129 Å². The maximum Gasteiger partial charge on any atom is 0.136 e. The quantitative estimate of drug-likeness (QED) is 0.0281. The van der Waals surface area contributed by atoms with Crippen molar-refractivity contribution in [2.75, 3.05) is 39.6 Å². The third-order valence-electron chi connectivity index (χ3n) is 16.9. The van der Waals surface area contributed by atoms with Crippen molar-refractivity contribution in [2.45, 2.75) is 273 Å². The van der Waals surface area contributed by atoms with Crippen molar-refractivity contribution in [1.82, 2.24) is 9.97 Å². The lowest BCUT2D eigenvalue weighted by Crippen LogP contribution is -2.03. The Balaban J connectivity index is 1.44. The fourth-order valence-corrected chi connectivity index (χ4v) is 11.0. The van der Waals surface area contributed by atoms with E-state index in [4.69, 9.17) is 51.2 Å². The van der Waals surface area contributed by atoms with Gasteiger partial charge in [-0.15, -0.1) is 12.8 Å².